The van der Waals surface area contributed by atoms with Gasteiger partial charge in [-0.1, -0.05) is 0 Å². The van der Waals surface area contributed by atoms with Gasteiger partial charge in [-0.3, -0.25) is 15.4 Å². The van der Waals surface area contributed by atoms with Gasteiger partial charge in [0.1, 0.15) is 19.6 Å². The van der Waals surface area contributed by atoms with Crippen molar-refractivity contribution in [3.05, 3.63) is 29.8 Å². The third-order valence-corrected chi connectivity index (χ3v) is 3.28. The Morgan fingerprint density at radius 3 is 2.48 bits per heavy atom. The second-order valence-corrected chi connectivity index (χ2v) is 5.10. The van der Waals surface area contributed by atoms with Crippen molar-refractivity contribution < 1.29 is 29.3 Å². The monoisotopic (exact) mass is 349 g/mol. The zero-order chi connectivity index (χ0) is 18.2. The van der Waals surface area contributed by atoms with E-state index in [4.69, 9.17) is 19.7 Å². The summed E-state index contributed by atoms with van der Waals surface area (Å²) in [5, 5.41) is 17.6. The van der Waals surface area contributed by atoms with Gasteiger partial charge in [-0.15, -0.1) is 0 Å². The zero-order valence-electron chi connectivity index (χ0n) is 13.6. The molecular formula is C16H19N3O6. The number of benzene rings is 1. The molecule has 0 fully saturated rings. The highest BCUT2D eigenvalue weighted by Gasteiger charge is 2.17. The quantitative estimate of drug-likeness (QED) is 0.692. The molecule has 0 aliphatic carbocycles. The third-order valence-electron chi connectivity index (χ3n) is 3.28. The molecule has 0 bridgehead atoms. The van der Waals surface area contributed by atoms with Crippen molar-refractivity contribution in [3.63, 3.8) is 0 Å². The SMILES string of the molecule is Cc1c(NN2C=NCC2)ccc2c1OCCO2.O=C(O)/C=C/C(=O)O. The van der Waals surface area contributed by atoms with E-state index in [0.29, 0.717) is 25.4 Å². The van der Waals surface area contributed by atoms with Crippen molar-refractivity contribution in [2.75, 3.05) is 31.7 Å². The number of aliphatic carboxylic acids is 2. The first-order valence-electron chi connectivity index (χ1n) is 7.53. The number of carboxylic acid groups (broad SMARTS) is 2. The molecule has 134 valence electrons. The van der Waals surface area contributed by atoms with E-state index in [-0.39, 0.29) is 0 Å². The summed E-state index contributed by atoms with van der Waals surface area (Å²) in [5.41, 5.74) is 5.41. The lowest BCUT2D eigenvalue weighted by Gasteiger charge is -2.24. The van der Waals surface area contributed by atoms with Gasteiger partial charge in [0.15, 0.2) is 11.5 Å². The van der Waals surface area contributed by atoms with Crippen molar-refractivity contribution >= 4 is 24.0 Å². The lowest BCUT2D eigenvalue weighted by molar-refractivity contribution is -0.134. The Balaban J connectivity index is 0.000000242. The van der Waals surface area contributed by atoms with Crippen LogP contribution >= 0.6 is 0 Å². The Morgan fingerprint density at radius 2 is 1.88 bits per heavy atom. The summed E-state index contributed by atoms with van der Waals surface area (Å²) < 4.78 is 11.2. The van der Waals surface area contributed by atoms with Gasteiger partial charge in [0.25, 0.3) is 0 Å². The highest BCUT2D eigenvalue weighted by atomic mass is 16.6. The highest BCUT2D eigenvalue weighted by Crippen LogP contribution is 2.37. The Morgan fingerprint density at radius 1 is 1.20 bits per heavy atom. The van der Waals surface area contributed by atoms with Crippen LogP contribution in [0.25, 0.3) is 0 Å². The number of ether oxygens (including phenoxy) is 2. The minimum absolute atomic E-state index is 0.558. The maximum Gasteiger partial charge on any atom is 0.328 e. The minimum atomic E-state index is -1.26. The molecule has 0 spiro atoms. The van der Waals surface area contributed by atoms with Crippen molar-refractivity contribution in [2.24, 2.45) is 4.99 Å². The molecule has 2 aliphatic rings. The van der Waals surface area contributed by atoms with E-state index >= 15 is 0 Å². The molecule has 0 aromatic heterocycles. The molecule has 9 nitrogen and oxygen atoms in total. The van der Waals surface area contributed by atoms with Crippen LogP contribution in [0, 0.1) is 6.92 Å². The Labute approximate surface area is 144 Å². The van der Waals surface area contributed by atoms with Crippen LogP contribution in [0.1, 0.15) is 5.56 Å². The van der Waals surface area contributed by atoms with Gasteiger partial charge in [0.2, 0.25) is 0 Å². The molecule has 1 aromatic carbocycles. The predicted molar refractivity (Wildman–Crippen MR) is 90.3 cm³/mol. The fourth-order valence-corrected chi connectivity index (χ4v) is 2.14. The summed E-state index contributed by atoms with van der Waals surface area (Å²) in [5.74, 6) is -0.841. The zero-order valence-corrected chi connectivity index (χ0v) is 13.6. The fourth-order valence-electron chi connectivity index (χ4n) is 2.14. The molecule has 2 aliphatic heterocycles. The number of anilines is 1. The number of carboxylic acids is 2. The Kier molecular flexibility index (Phi) is 6.21. The number of nitrogens with one attached hydrogen (secondary N) is 1. The minimum Gasteiger partial charge on any atom is -0.486 e. The molecule has 25 heavy (non-hydrogen) atoms. The Hall–Kier alpha value is -3.23. The van der Waals surface area contributed by atoms with E-state index in [1.165, 1.54) is 0 Å². The average Bonchev–Trinajstić information content (AvgIpc) is 3.09. The summed E-state index contributed by atoms with van der Waals surface area (Å²) in [6.07, 6.45) is 2.93. The van der Waals surface area contributed by atoms with E-state index in [2.05, 4.69) is 10.4 Å². The number of fused-ring (bicyclic) bond motifs is 1. The summed E-state index contributed by atoms with van der Waals surface area (Å²) in [6, 6.07) is 3.95. The lowest BCUT2D eigenvalue weighted by Crippen LogP contribution is -2.27. The van der Waals surface area contributed by atoms with E-state index in [1.807, 2.05) is 30.4 Å². The molecule has 0 radical (unpaired) electrons. The number of rotatable bonds is 4. The third kappa shape index (κ3) is 5.41. The molecule has 0 atom stereocenters. The summed E-state index contributed by atoms with van der Waals surface area (Å²) >= 11 is 0. The number of hydrogen-bond acceptors (Lipinski definition) is 7. The summed E-state index contributed by atoms with van der Waals surface area (Å²) in [4.78, 5) is 23.3. The van der Waals surface area contributed by atoms with Crippen LogP contribution in [0.15, 0.2) is 29.3 Å². The van der Waals surface area contributed by atoms with Crippen molar-refractivity contribution in [1.29, 1.82) is 0 Å². The van der Waals surface area contributed by atoms with Crippen molar-refractivity contribution in [3.8, 4) is 11.5 Å². The normalized spacial score (nSPS) is 14.8. The number of nitrogens with zero attached hydrogens (tertiary/aromatic N) is 2. The number of aliphatic imine (C=N–C) groups is 1. The van der Waals surface area contributed by atoms with Crippen LogP contribution in [-0.2, 0) is 9.59 Å². The molecular weight excluding hydrogens is 330 g/mol. The maximum atomic E-state index is 9.55. The largest absolute Gasteiger partial charge is 0.486 e. The first-order chi connectivity index (χ1) is 12.0. The number of hydrazine groups is 1. The van der Waals surface area contributed by atoms with Crippen LogP contribution in [0.3, 0.4) is 0 Å². The molecule has 3 rings (SSSR count). The molecule has 1 aromatic rings. The molecule has 0 saturated heterocycles. The van der Waals surface area contributed by atoms with E-state index in [0.717, 1.165) is 35.8 Å². The summed E-state index contributed by atoms with van der Waals surface area (Å²) in [6.45, 7) is 5.01. The predicted octanol–water partition coefficient (Wildman–Crippen LogP) is 1.15. The number of hydrogen-bond donors (Lipinski definition) is 3. The number of carbonyl (C=O) groups is 2. The van der Waals surface area contributed by atoms with Crippen LogP contribution in [0.4, 0.5) is 5.69 Å². The van der Waals surface area contributed by atoms with Crippen LogP contribution in [0.2, 0.25) is 0 Å². The van der Waals surface area contributed by atoms with Crippen LogP contribution in [-0.4, -0.2) is 59.8 Å². The molecule has 2 heterocycles. The van der Waals surface area contributed by atoms with Gasteiger partial charge in [-0.2, -0.15) is 0 Å². The van der Waals surface area contributed by atoms with E-state index < -0.39 is 11.9 Å². The van der Waals surface area contributed by atoms with Crippen molar-refractivity contribution in [1.82, 2.24) is 5.01 Å². The van der Waals surface area contributed by atoms with Gasteiger partial charge in [-0.25, -0.2) is 9.59 Å². The Bertz CT molecular complexity index is 685. The van der Waals surface area contributed by atoms with Crippen LogP contribution in [0.5, 0.6) is 11.5 Å². The van der Waals surface area contributed by atoms with E-state index in [1.54, 1.807) is 0 Å². The maximum absolute atomic E-state index is 9.55. The van der Waals surface area contributed by atoms with Gasteiger partial charge in [0, 0.05) is 17.7 Å². The van der Waals surface area contributed by atoms with E-state index in [9.17, 15) is 9.59 Å². The lowest BCUT2D eigenvalue weighted by atomic mass is 10.1. The second-order valence-electron chi connectivity index (χ2n) is 5.10. The summed E-state index contributed by atoms with van der Waals surface area (Å²) in [7, 11) is 0. The van der Waals surface area contributed by atoms with Crippen molar-refractivity contribution in [2.45, 2.75) is 6.92 Å². The molecule has 0 amide bonds. The first kappa shape index (κ1) is 18.1. The van der Waals surface area contributed by atoms with Gasteiger partial charge < -0.3 is 19.7 Å². The van der Waals surface area contributed by atoms with Gasteiger partial charge >= 0.3 is 11.9 Å². The molecule has 0 unspecified atom stereocenters. The standard InChI is InChI=1S/C12H15N3O2.C4H4O4/c1-9-10(14-15-5-4-13-8-15)2-3-11-12(9)17-7-6-16-11;5-3(6)1-2-4(7)8/h2-3,8,14H,4-7H2,1H3;1-2H,(H,5,6)(H,7,8)/b;2-1+. The smallest absolute Gasteiger partial charge is 0.328 e. The highest BCUT2D eigenvalue weighted by molar-refractivity contribution is 5.89. The molecule has 3 N–H and O–H groups in total. The topological polar surface area (TPSA) is 121 Å². The fraction of sp³-hybridized carbons (Fsp3) is 0.312. The van der Waals surface area contributed by atoms with Gasteiger partial charge in [-0.05, 0) is 19.1 Å². The first-order valence-corrected chi connectivity index (χ1v) is 7.53. The molecule has 9 heteroatoms. The van der Waals surface area contributed by atoms with Crippen LogP contribution < -0.4 is 14.9 Å². The average molecular weight is 349 g/mol. The second kappa shape index (κ2) is 8.57. The molecule has 0 saturated carbocycles. The van der Waals surface area contributed by atoms with Gasteiger partial charge in [0.05, 0.1) is 18.8 Å².